The van der Waals surface area contributed by atoms with Gasteiger partial charge in [-0.15, -0.1) is 0 Å². The molecule has 0 aliphatic carbocycles. The Kier molecular flexibility index (Phi) is 8.16. The van der Waals surface area contributed by atoms with Gasteiger partial charge in [0.2, 0.25) is 0 Å². The summed E-state index contributed by atoms with van der Waals surface area (Å²) in [6, 6.07) is 9.15. The van der Waals surface area contributed by atoms with E-state index in [1.807, 2.05) is 20.8 Å². The van der Waals surface area contributed by atoms with Crippen LogP contribution in [0.4, 0.5) is 0 Å². The van der Waals surface area contributed by atoms with Crippen molar-refractivity contribution in [2.75, 3.05) is 0 Å². The first-order valence-electron chi connectivity index (χ1n) is 9.19. The number of carbonyl (C=O) groups is 2. The van der Waals surface area contributed by atoms with Crippen LogP contribution in [0.2, 0.25) is 20.1 Å². The molecule has 0 fully saturated rings. The first-order chi connectivity index (χ1) is 13.9. The first kappa shape index (κ1) is 25.3. The molecule has 1 unspecified atom stereocenters. The third kappa shape index (κ3) is 4.92. The Morgan fingerprint density at radius 2 is 1.17 bits per heavy atom. The molecule has 2 rings (SSSR count). The molecule has 2 aromatic rings. The minimum Gasteiger partial charge on any atom is -0.292 e. The number of ketones is 2. The highest BCUT2D eigenvalue weighted by molar-refractivity contribution is 7.30. The van der Waals surface area contributed by atoms with E-state index in [0.717, 1.165) is 0 Å². The second-order valence-corrected chi connectivity index (χ2v) is 10.9. The van der Waals surface area contributed by atoms with Crippen LogP contribution in [0.3, 0.4) is 0 Å². The third-order valence-corrected chi connectivity index (χ3v) is 7.24. The molecular formula is C22H21Cl4O3P. The van der Waals surface area contributed by atoms with Gasteiger partial charge in [-0.3, -0.25) is 14.2 Å². The van der Waals surface area contributed by atoms with Gasteiger partial charge in [0, 0.05) is 0 Å². The lowest BCUT2D eigenvalue weighted by Crippen LogP contribution is -2.48. The summed E-state index contributed by atoms with van der Waals surface area (Å²) < 4.78 is 12.7. The second kappa shape index (κ2) is 9.67. The van der Waals surface area contributed by atoms with Crippen LogP contribution < -0.4 is 0 Å². The van der Waals surface area contributed by atoms with E-state index in [9.17, 15) is 14.2 Å². The molecule has 8 heteroatoms. The molecule has 30 heavy (non-hydrogen) atoms. The van der Waals surface area contributed by atoms with Crippen molar-refractivity contribution >= 4 is 66.4 Å². The predicted octanol–water partition coefficient (Wildman–Crippen LogP) is 8.47. The van der Waals surface area contributed by atoms with Crippen LogP contribution in [0.25, 0.3) is 0 Å². The van der Waals surface area contributed by atoms with Gasteiger partial charge in [-0.25, -0.2) is 0 Å². The van der Waals surface area contributed by atoms with Crippen molar-refractivity contribution in [1.82, 2.24) is 0 Å². The van der Waals surface area contributed by atoms with E-state index in [1.165, 1.54) is 24.3 Å². The number of halogens is 4. The van der Waals surface area contributed by atoms with Crippen molar-refractivity contribution in [3.05, 3.63) is 67.6 Å². The summed E-state index contributed by atoms with van der Waals surface area (Å²) in [7, 11) is -0.689. The molecule has 1 atom stereocenters. The van der Waals surface area contributed by atoms with E-state index in [4.69, 9.17) is 46.4 Å². The topological polar surface area (TPSA) is 51.2 Å². The number of carbonyl (C=O) groups excluding carboxylic acids is 2. The zero-order chi connectivity index (χ0) is 22.9. The summed E-state index contributed by atoms with van der Waals surface area (Å²) in [6.07, 6.45) is 0.420. The molecule has 0 radical (unpaired) electrons. The van der Waals surface area contributed by atoms with Crippen LogP contribution in [-0.2, 0) is 4.57 Å². The fourth-order valence-corrected chi connectivity index (χ4v) is 5.40. The van der Waals surface area contributed by atoms with E-state index in [0.29, 0.717) is 6.42 Å². The maximum atomic E-state index is 13.8. The van der Waals surface area contributed by atoms with E-state index >= 15 is 0 Å². The van der Waals surface area contributed by atoms with Gasteiger partial charge < -0.3 is 0 Å². The highest BCUT2D eigenvalue weighted by Crippen LogP contribution is 2.47. The van der Waals surface area contributed by atoms with Gasteiger partial charge in [0.15, 0.2) is 25.2 Å². The molecular weight excluding hydrogens is 485 g/mol. The molecule has 160 valence electrons. The maximum absolute atomic E-state index is 13.8. The average molecular weight is 506 g/mol. The normalized spacial score (nSPS) is 13.3. The summed E-state index contributed by atoms with van der Waals surface area (Å²) in [5, 5.41) is -1.72. The van der Waals surface area contributed by atoms with Gasteiger partial charge in [-0.1, -0.05) is 86.2 Å². The molecule has 2 aromatic carbocycles. The van der Waals surface area contributed by atoms with E-state index < -0.39 is 31.1 Å². The summed E-state index contributed by atoms with van der Waals surface area (Å²) in [5.41, 5.74) is -0.368. The van der Waals surface area contributed by atoms with Crippen LogP contribution >= 0.6 is 54.9 Å². The van der Waals surface area contributed by atoms with E-state index in [-0.39, 0.29) is 36.6 Å². The molecule has 0 N–H and O–H groups in total. The summed E-state index contributed by atoms with van der Waals surface area (Å²) in [4.78, 5) is 27.6. The molecule has 0 heterocycles. The van der Waals surface area contributed by atoms with Crippen LogP contribution in [0.1, 0.15) is 54.8 Å². The highest BCUT2D eigenvalue weighted by atomic mass is 35.5. The Balaban J connectivity index is 2.82. The van der Waals surface area contributed by atoms with E-state index in [1.54, 1.807) is 19.1 Å². The molecule has 0 saturated carbocycles. The van der Waals surface area contributed by atoms with Crippen molar-refractivity contribution < 1.29 is 14.2 Å². The number of hydrogen-bond acceptors (Lipinski definition) is 3. The van der Waals surface area contributed by atoms with Crippen LogP contribution in [0.5, 0.6) is 0 Å². The largest absolute Gasteiger partial charge is 0.292 e. The Morgan fingerprint density at radius 3 is 1.43 bits per heavy atom. The standard InChI is InChI=1S/C22H21Cl4O3P/c1-12(11-21(2,3)4)22(30-29,19(27)17-13(23)7-5-8-14(17)24)20(28)18-15(25)9-6-10-16(18)26/h5-10,12H,11H2,1-4H3. The third-order valence-electron chi connectivity index (χ3n) is 4.85. The summed E-state index contributed by atoms with van der Waals surface area (Å²) in [5.74, 6) is -2.10. The van der Waals surface area contributed by atoms with Crippen molar-refractivity contribution in [3.63, 3.8) is 0 Å². The molecule has 3 nitrogen and oxygen atoms in total. The molecule has 0 spiro atoms. The number of rotatable bonds is 7. The van der Waals surface area contributed by atoms with E-state index in [2.05, 4.69) is 0 Å². The van der Waals surface area contributed by atoms with Gasteiger partial charge in [0.1, 0.15) is 0 Å². The van der Waals surface area contributed by atoms with Gasteiger partial charge in [0.05, 0.1) is 31.2 Å². The number of Topliss-reactive ketones (excluding diaryl/α,β-unsaturated/α-hetero) is 2. The Bertz CT molecular complexity index is 894. The van der Waals surface area contributed by atoms with Gasteiger partial charge >= 0.3 is 0 Å². The first-order valence-corrected chi connectivity index (χ1v) is 11.5. The second-order valence-electron chi connectivity index (χ2n) is 8.38. The molecule has 0 saturated heterocycles. The van der Waals surface area contributed by atoms with Crippen LogP contribution in [0.15, 0.2) is 36.4 Å². The quantitative estimate of drug-likeness (QED) is 0.215. The predicted molar refractivity (Wildman–Crippen MR) is 125 cm³/mol. The molecule has 0 aliphatic rings. The molecule has 0 aromatic heterocycles. The van der Waals surface area contributed by atoms with Gasteiger partial charge in [-0.05, 0) is 42.0 Å². The SMILES string of the molecule is CC(CC(C)(C)C)C(P=O)(C(=O)c1c(Cl)cccc1Cl)C(=O)c1c(Cl)cccc1Cl. The fraction of sp³-hybridized carbons (Fsp3) is 0.364. The fourth-order valence-electron chi connectivity index (χ4n) is 3.60. The van der Waals surface area contributed by atoms with Gasteiger partial charge in [0.25, 0.3) is 0 Å². The zero-order valence-electron chi connectivity index (χ0n) is 16.9. The molecule has 0 bridgehead atoms. The number of hydrogen-bond donors (Lipinski definition) is 0. The Hall–Kier alpha value is -0.960. The molecule has 0 amide bonds. The lowest BCUT2D eigenvalue weighted by Gasteiger charge is -2.35. The van der Waals surface area contributed by atoms with Crippen LogP contribution in [0, 0.1) is 11.3 Å². The average Bonchev–Trinajstić information content (AvgIpc) is 2.61. The minimum absolute atomic E-state index is 0.0542. The maximum Gasteiger partial charge on any atom is 0.191 e. The summed E-state index contributed by atoms with van der Waals surface area (Å²) >= 11 is 25.1. The Morgan fingerprint density at radius 1 is 0.833 bits per heavy atom. The minimum atomic E-state index is -2.00. The Labute approximate surface area is 198 Å². The lowest BCUT2D eigenvalue weighted by atomic mass is 9.73. The number of benzene rings is 2. The highest BCUT2D eigenvalue weighted by Gasteiger charge is 2.54. The molecule has 0 aliphatic heterocycles. The van der Waals surface area contributed by atoms with Gasteiger partial charge in [-0.2, -0.15) is 0 Å². The van der Waals surface area contributed by atoms with Crippen molar-refractivity contribution in [3.8, 4) is 0 Å². The van der Waals surface area contributed by atoms with Crippen LogP contribution in [-0.4, -0.2) is 16.7 Å². The zero-order valence-corrected chi connectivity index (χ0v) is 20.9. The monoisotopic (exact) mass is 504 g/mol. The summed E-state index contributed by atoms with van der Waals surface area (Å²) in [6.45, 7) is 7.61. The van der Waals surface area contributed by atoms with Crippen molar-refractivity contribution in [2.24, 2.45) is 11.3 Å². The van der Waals surface area contributed by atoms with Crippen molar-refractivity contribution in [1.29, 1.82) is 0 Å². The van der Waals surface area contributed by atoms with Crippen molar-refractivity contribution in [2.45, 2.75) is 39.3 Å². The smallest absolute Gasteiger partial charge is 0.191 e. The lowest BCUT2D eigenvalue weighted by molar-refractivity contribution is 0.0771.